The van der Waals surface area contributed by atoms with Gasteiger partial charge < -0.3 is 10.4 Å². The first-order valence-electron chi connectivity index (χ1n) is 6.64. The number of nitrogens with zero attached hydrogens (tertiary/aromatic N) is 1. The minimum Gasteiger partial charge on any atom is -0.480 e. The summed E-state index contributed by atoms with van der Waals surface area (Å²) in [5.74, 6) is -1.47. The van der Waals surface area contributed by atoms with E-state index in [9.17, 15) is 14.7 Å². The van der Waals surface area contributed by atoms with Crippen LogP contribution in [0.25, 0.3) is 0 Å². The number of rotatable bonds is 6. The molecule has 2 N–H and O–H groups in total. The maximum Gasteiger partial charge on any atom is 0.326 e. The average Bonchev–Trinajstić information content (AvgIpc) is 2.52. The summed E-state index contributed by atoms with van der Waals surface area (Å²) in [6, 6.07) is 11.9. The molecule has 0 unspecified atom stereocenters. The summed E-state index contributed by atoms with van der Waals surface area (Å²) in [5.41, 5.74) is 1.39. The molecule has 1 heterocycles. The quantitative estimate of drug-likeness (QED) is 0.849. The molecule has 108 valence electrons. The number of carboxylic acids is 1. The van der Waals surface area contributed by atoms with Gasteiger partial charge in [-0.15, -0.1) is 0 Å². The Balaban J connectivity index is 1.96. The van der Waals surface area contributed by atoms with E-state index in [-0.39, 0.29) is 0 Å². The van der Waals surface area contributed by atoms with Crippen LogP contribution in [0.3, 0.4) is 0 Å². The van der Waals surface area contributed by atoms with Gasteiger partial charge in [-0.1, -0.05) is 30.3 Å². The lowest BCUT2D eigenvalue weighted by molar-refractivity contribution is -0.139. The molecule has 0 aliphatic rings. The topological polar surface area (TPSA) is 79.3 Å². The van der Waals surface area contributed by atoms with Crippen LogP contribution in [0.4, 0.5) is 0 Å². The summed E-state index contributed by atoms with van der Waals surface area (Å²) >= 11 is 0. The highest BCUT2D eigenvalue weighted by atomic mass is 16.4. The number of carbonyl (C=O) groups is 2. The SMILES string of the molecule is O=C(N[C@H](CCc1ccccc1)C(=O)O)c1cccnc1. The third kappa shape index (κ3) is 4.42. The number of nitrogens with one attached hydrogen (secondary N) is 1. The molecular formula is C16H16N2O3. The monoisotopic (exact) mass is 284 g/mol. The molecule has 1 atom stereocenters. The number of aliphatic carboxylic acids is 1. The Morgan fingerprint density at radius 1 is 1.14 bits per heavy atom. The predicted molar refractivity (Wildman–Crippen MR) is 77.9 cm³/mol. The second-order valence-electron chi connectivity index (χ2n) is 4.63. The second kappa shape index (κ2) is 7.19. The van der Waals surface area contributed by atoms with E-state index in [0.717, 1.165) is 5.56 Å². The van der Waals surface area contributed by atoms with E-state index in [1.807, 2.05) is 30.3 Å². The van der Waals surface area contributed by atoms with Crippen LogP contribution in [0.15, 0.2) is 54.9 Å². The lowest BCUT2D eigenvalue weighted by Gasteiger charge is -2.14. The van der Waals surface area contributed by atoms with Gasteiger partial charge in [-0.05, 0) is 30.5 Å². The fourth-order valence-electron chi connectivity index (χ4n) is 1.95. The molecule has 0 spiro atoms. The number of carbonyl (C=O) groups excluding carboxylic acids is 1. The summed E-state index contributed by atoms with van der Waals surface area (Å²) in [6.07, 6.45) is 3.89. The van der Waals surface area contributed by atoms with Crippen LogP contribution < -0.4 is 5.32 Å². The average molecular weight is 284 g/mol. The Hall–Kier alpha value is -2.69. The first kappa shape index (κ1) is 14.7. The molecule has 0 radical (unpaired) electrons. The van der Waals surface area contributed by atoms with Crippen molar-refractivity contribution in [3.63, 3.8) is 0 Å². The zero-order chi connectivity index (χ0) is 15.1. The normalized spacial score (nSPS) is 11.6. The van der Waals surface area contributed by atoms with Gasteiger partial charge >= 0.3 is 5.97 Å². The standard InChI is InChI=1S/C16H16N2O3/c19-15(13-7-4-10-17-11-13)18-14(16(20)21)9-8-12-5-2-1-3-6-12/h1-7,10-11,14H,8-9H2,(H,18,19)(H,20,21)/t14-/m1/s1. The van der Waals surface area contributed by atoms with E-state index in [1.54, 1.807) is 18.3 Å². The van der Waals surface area contributed by atoms with Gasteiger partial charge in [0.05, 0.1) is 5.56 Å². The Morgan fingerprint density at radius 2 is 1.90 bits per heavy atom. The molecule has 5 nitrogen and oxygen atoms in total. The van der Waals surface area contributed by atoms with Gasteiger partial charge in [0, 0.05) is 12.4 Å². The molecule has 21 heavy (non-hydrogen) atoms. The number of amides is 1. The van der Waals surface area contributed by atoms with Crippen LogP contribution >= 0.6 is 0 Å². The van der Waals surface area contributed by atoms with Crippen molar-refractivity contribution in [3.8, 4) is 0 Å². The third-order valence-electron chi connectivity index (χ3n) is 3.09. The van der Waals surface area contributed by atoms with Crippen molar-refractivity contribution in [1.29, 1.82) is 0 Å². The first-order chi connectivity index (χ1) is 10.2. The van der Waals surface area contributed by atoms with Crippen LogP contribution in [0.2, 0.25) is 0 Å². The van der Waals surface area contributed by atoms with Crippen LogP contribution in [-0.2, 0) is 11.2 Å². The van der Waals surface area contributed by atoms with E-state index < -0.39 is 17.9 Å². The zero-order valence-corrected chi connectivity index (χ0v) is 11.4. The van der Waals surface area contributed by atoms with Crippen LogP contribution in [0.1, 0.15) is 22.3 Å². The number of carboxylic acid groups (broad SMARTS) is 1. The van der Waals surface area contributed by atoms with Gasteiger partial charge in [0.1, 0.15) is 6.04 Å². The molecule has 1 aromatic carbocycles. The van der Waals surface area contributed by atoms with Gasteiger partial charge in [-0.25, -0.2) is 4.79 Å². The van der Waals surface area contributed by atoms with Gasteiger partial charge in [-0.3, -0.25) is 9.78 Å². The Kier molecular flexibility index (Phi) is 5.04. The van der Waals surface area contributed by atoms with Crippen molar-refractivity contribution < 1.29 is 14.7 Å². The molecule has 0 bridgehead atoms. The predicted octanol–water partition coefficient (Wildman–Crippen LogP) is 1.90. The number of aryl methyl sites for hydroxylation is 1. The largest absolute Gasteiger partial charge is 0.480 e. The van der Waals surface area contributed by atoms with E-state index in [4.69, 9.17) is 0 Å². The second-order valence-corrected chi connectivity index (χ2v) is 4.63. The number of hydrogen-bond donors (Lipinski definition) is 2. The van der Waals surface area contributed by atoms with Crippen molar-refractivity contribution in [1.82, 2.24) is 10.3 Å². The Labute approximate surface area is 122 Å². The van der Waals surface area contributed by atoms with Crippen LogP contribution in [-0.4, -0.2) is 28.0 Å². The van der Waals surface area contributed by atoms with E-state index in [0.29, 0.717) is 18.4 Å². The van der Waals surface area contributed by atoms with E-state index in [1.165, 1.54) is 6.20 Å². The van der Waals surface area contributed by atoms with Crippen molar-refractivity contribution >= 4 is 11.9 Å². The van der Waals surface area contributed by atoms with Crippen LogP contribution in [0.5, 0.6) is 0 Å². The molecule has 0 saturated carbocycles. The van der Waals surface area contributed by atoms with Crippen molar-refractivity contribution in [2.45, 2.75) is 18.9 Å². The highest BCUT2D eigenvalue weighted by molar-refractivity contribution is 5.96. The maximum atomic E-state index is 12.0. The molecule has 1 amide bonds. The number of aromatic nitrogens is 1. The lowest BCUT2D eigenvalue weighted by Crippen LogP contribution is -2.41. The van der Waals surface area contributed by atoms with Gasteiger partial charge in [0.25, 0.3) is 5.91 Å². The molecule has 2 aromatic rings. The molecule has 0 aliphatic heterocycles. The maximum absolute atomic E-state index is 12.0. The highest BCUT2D eigenvalue weighted by Crippen LogP contribution is 2.06. The number of hydrogen-bond acceptors (Lipinski definition) is 3. The third-order valence-corrected chi connectivity index (χ3v) is 3.09. The lowest BCUT2D eigenvalue weighted by atomic mass is 10.0. The van der Waals surface area contributed by atoms with Crippen molar-refractivity contribution in [2.24, 2.45) is 0 Å². The van der Waals surface area contributed by atoms with Crippen molar-refractivity contribution in [2.75, 3.05) is 0 Å². The molecule has 2 rings (SSSR count). The summed E-state index contributed by atoms with van der Waals surface area (Å²) in [4.78, 5) is 27.1. The minimum atomic E-state index is -1.04. The molecule has 0 fully saturated rings. The molecule has 0 saturated heterocycles. The van der Waals surface area contributed by atoms with E-state index >= 15 is 0 Å². The van der Waals surface area contributed by atoms with Crippen LogP contribution in [0, 0.1) is 0 Å². The first-order valence-corrected chi connectivity index (χ1v) is 6.64. The summed E-state index contributed by atoms with van der Waals surface area (Å²) in [7, 11) is 0. The molecule has 5 heteroatoms. The summed E-state index contributed by atoms with van der Waals surface area (Å²) in [5, 5.41) is 11.7. The number of pyridine rings is 1. The fourth-order valence-corrected chi connectivity index (χ4v) is 1.95. The molecule has 1 aromatic heterocycles. The number of benzene rings is 1. The Morgan fingerprint density at radius 3 is 2.52 bits per heavy atom. The summed E-state index contributed by atoms with van der Waals surface area (Å²) < 4.78 is 0. The molecule has 0 aliphatic carbocycles. The Bertz CT molecular complexity index is 599. The summed E-state index contributed by atoms with van der Waals surface area (Å²) in [6.45, 7) is 0. The van der Waals surface area contributed by atoms with E-state index in [2.05, 4.69) is 10.3 Å². The smallest absolute Gasteiger partial charge is 0.326 e. The van der Waals surface area contributed by atoms with Crippen molar-refractivity contribution in [3.05, 3.63) is 66.0 Å². The fraction of sp³-hybridized carbons (Fsp3) is 0.188. The highest BCUT2D eigenvalue weighted by Gasteiger charge is 2.20. The van der Waals surface area contributed by atoms with Gasteiger partial charge in [-0.2, -0.15) is 0 Å². The minimum absolute atomic E-state index is 0.339. The zero-order valence-electron chi connectivity index (χ0n) is 11.4. The van der Waals surface area contributed by atoms with Gasteiger partial charge in [0.15, 0.2) is 0 Å². The van der Waals surface area contributed by atoms with Gasteiger partial charge in [0.2, 0.25) is 0 Å². The molecular weight excluding hydrogens is 268 g/mol.